The van der Waals surface area contributed by atoms with Crippen molar-refractivity contribution < 1.29 is 5.11 Å². The molecule has 3 nitrogen and oxygen atoms in total. The molecular formula is C15H20N2O. The highest BCUT2D eigenvalue weighted by atomic mass is 16.3. The second-order valence-electron chi connectivity index (χ2n) is 5.24. The summed E-state index contributed by atoms with van der Waals surface area (Å²) in [5, 5.41) is 10.2. The third-order valence-corrected chi connectivity index (χ3v) is 3.43. The van der Waals surface area contributed by atoms with Crippen molar-refractivity contribution in [2.45, 2.75) is 25.4 Å². The molecule has 0 fully saturated rings. The molecular weight excluding hydrogens is 224 g/mol. The van der Waals surface area contributed by atoms with E-state index >= 15 is 0 Å². The molecule has 1 heterocycles. The number of H-pyrrole nitrogens is 1. The minimum atomic E-state index is -0.602. The average molecular weight is 244 g/mol. The van der Waals surface area contributed by atoms with Crippen molar-refractivity contribution in [1.82, 2.24) is 4.98 Å². The molecule has 0 aliphatic rings. The summed E-state index contributed by atoms with van der Waals surface area (Å²) in [6, 6.07) is 11.7. The number of rotatable bonds is 4. The van der Waals surface area contributed by atoms with Crippen molar-refractivity contribution in [2.75, 3.05) is 6.54 Å². The molecule has 1 aromatic heterocycles. The van der Waals surface area contributed by atoms with Crippen LogP contribution in [-0.2, 0) is 5.41 Å². The van der Waals surface area contributed by atoms with Gasteiger partial charge in [0.05, 0.1) is 0 Å². The summed E-state index contributed by atoms with van der Waals surface area (Å²) < 4.78 is 0. The van der Waals surface area contributed by atoms with Crippen LogP contribution in [0.5, 0.6) is 0 Å². The molecule has 0 amide bonds. The number of nitrogens with two attached hydrogens (primary N) is 1. The molecule has 1 aromatic carbocycles. The lowest BCUT2D eigenvalue weighted by Gasteiger charge is -2.23. The number of aliphatic hydroxyl groups is 1. The van der Waals surface area contributed by atoms with Crippen LogP contribution in [-0.4, -0.2) is 16.6 Å². The summed E-state index contributed by atoms with van der Waals surface area (Å²) >= 11 is 0. The molecule has 3 heteroatoms. The van der Waals surface area contributed by atoms with E-state index in [0.29, 0.717) is 6.54 Å². The Hall–Kier alpha value is -1.58. The quantitative estimate of drug-likeness (QED) is 0.773. The first kappa shape index (κ1) is 12.9. The SMILES string of the molecule is CC(C)(CN)c1ccc(C(O)c2ccc[nH]2)cc1. The number of aliphatic hydroxyl groups excluding tert-OH is 1. The lowest BCUT2D eigenvalue weighted by atomic mass is 9.84. The highest BCUT2D eigenvalue weighted by Crippen LogP contribution is 2.25. The molecule has 4 N–H and O–H groups in total. The fourth-order valence-corrected chi connectivity index (χ4v) is 1.93. The number of aromatic amines is 1. The molecule has 1 atom stereocenters. The highest BCUT2D eigenvalue weighted by Gasteiger charge is 2.19. The van der Waals surface area contributed by atoms with Crippen molar-refractivity contribution in [3.63, 3.8) is 0 Å². The van der Waals surface area contributed by atoms with Crippen LogP contribution in [0.4, 0.5) is 0 Å². The molecule has 1 unspecified atom stereocenters. The van der Waals surface area contributed by atoms with E-state index in [9.17, 15) is 5.11 Å². The third kappa shape index (κ3) is 2.47. The summed E-state index contributed by atoms with van der Waals surface area (Å²) in [6.45, 7) is 4.83. The minimum Gasteiger partial charge on any atom is -0.382 e. The Morgan fingerprint density at radius 3 is 2.39 bits per heavy atom. The summed E-state index contributed by atoms with van der Waals surface area (Å²) in [7, 11) is 0. The van der Waals surface area contributed by atoms with Crippen molar-refractivity contribution in [2.24, 2.45) is 5.73 Å². The Labute approximate surface area is 108 Å². The van der Waals surface area contributed by atoms with Gasteiger partial charge in [-0.25, -0.2) is 0 Å². The fourth-order valence-electron chi connectivity index (χ4n) is 1.93. The molecule has 96 valence electrons. The normalized spacial score (nSPS) is 13.6. The number of hydrogen-bond acceptors (Lipinski definition) is 2. The van der Waals surface area contributed by atoms with Gasteiger partial charge in [-0.05, 0) is 23.3 Å². The highest BCUT2D eigenvalue weighted by molar-refractivity contribution is 5.32. The molecule has 0 saturated heterocycles. The zero-order valence-electron chi connectivity index (χ0n) is 10.9. The molecule has 0 saturated carbocycles. The van der Waals surface area contributed by atoms with Crippen LogP contribution >= 0.6 is 0 Å². The monoisotopic (exact) mass is 244 g/mol. The van der Waals surface area contributed by atoms with Gasteiger partial charge in [0.15, 0.2) is 0 Å². The lowest BCUT2D eigenvalue weighted by Crippen LogP contribution is -2.28. The van der Waals surface area contributed by atoms with Crippen molar-refractivity contribution >= 4 is 0 Å². The van der Waals surface area contributed by atoms with E-state index in [1.807, 2.05) is 42.6 Å². The summed E-state index contributed by atoms with van der Waals surface area (Å²) in [5.41, 5.74) is 8.60. The molecule has 0 spiro atoms. The average Bonchev–Trinajstić information content (AvgIpc) is 2.92. The third-order valence-electron chi connectivity index (χ3n) is 3.43. The van der Waals surface area contributed by atoms with E-state index in [4.69, 9.17) is 5.73 Å². The smallest absolute Gasteiger partial charge is 0.119 e. The predicted molar refractivity (Wildman–Crippen MR) is 73.4 cm³/mol. The molecule has 2 aromatic rings. The maximum Gasteiger partial charge on any atom is 0.119 e. The van der Waals surface area contributed by atoms with Crippen molar-refractivity contribution in [3.05, 3.63) is 59.4 Å². The van der Waals surface area contributed by atoms with Crippen LogP contribution in [0.1, 0.15) is 36.8 Å². The summed E-state index contributed by atoms with van der Waals surface area (Å²) in [6.07, 6.45) is 1.21. The molecule has 0 bridgehead atoms. The van der Waals surface area contributed by atoms with E-state index in [1.54, 1.807) is 0 Å². The fraction of sp³-hybridized carbons (Fsp3) is 0.333. The Balaban J connectivity index is 2.23. The van der Waals surface area contributed by atoms with Gasteiger partial charge in [0.1, 0.15) is 6.10 Å². The van der Waals surface area contributed by atoms with Gasteiger partial charge in [-0.15, -0.1) is 0 Å². The Bertz CT molecular complexity index is 486. The van der Waals surface area contributed by atoms with Crippen LogP contribution in [0.15, 0.2) is 42.6 Å². The van der Waals surface area contributed by atoms with Gasteiger partial charge in [0, 0.05) is 23.9 Å². The second-order valence-corrected chi connectivity index (χ2v) is 5.24. The number of nitrogens with one attached hydrogen (secondary N) is 1. The van der Waals surface area contributed by atoms with E-state index in [0.717, 1.165) is 11.3 Å². The van der Waals surface area contributed by atoms with Crippen LogP contribution in [0.2, 0.25) is 0 Å². The topological polar surface area (TPSA) is 62.0 Å². The van der Waals surface area contributed by atoms with E-state index < -0.39 is 6.10 Å². The zero-order valence-corrected chi connectivity index (χ0v) is 10.9. The van der Waals surface area contributed by atoms with Gasteiger partial charge in [-0.1, -0.05) is 38.1 Å². The van der Waals surface area contributed by atoms with Crippen LogP contribution in [0, 0.1) is 0 Å². The molecule has 0 aliphatic carbocycles. The number of aromatic nitrogens is 1. The van der Waals surface area contributed by atoms with Crippen LogP contribution < -0.4 is 5.73 Å². The molecule has 2 rings (SSSR count). The van der Waals surface area contributed by atoms with Gasteiger partial charge in [-0.3, -0.25) is 0 Å². The Morgan fingerprint density at radius 2 is 1.89 bits per heavy atom. The molecule has 0 radical (unpaired) electrons. The van der Waals surface area contributed by atoms with Gasteiger partial charge in [-0.2, -0.15) is 0 Å². The molecule has 18 heavy (non-hydrogen) atoms. The lowest BCUT2D eigenvalue weighted by molar-refractivity contribution is 0.216. The minimum absolute atomic E-state index is 0.0318. The first-order valence-electron chi connectivity index (χ1n) is 6.16. The second kappa shape index (κ2) is 4.96. The molecule has 0 aliphatic heterocycles. The van der Waals surface area contributed by atoms with E-state index in [1.165, 1.54) is 5.56 Å². The predicted octanol–water partition coefficient (Wildman–Crippen LogP) is 2.33. The first-order valence-corrected chi connectivity index (χ1v) is 6.16. The Kier molecular flexibility index (Phi) is 3.55. The van der Waals surface area contributed by atoms with Gasteiger partial charge in [0.2, 0.25) is 0 Å². The summed E-state index contributed by atoms with van der Waals surface area (Å²) in [4.78, 5) is 3.02. The van der Waals surface area contributed by atoms with Gasteiger partial charge < -0.3 is 15.8 Å². The summed E-state index contributed by atoms with van der Waals surface area (Å²) in [5.74, 6) is 0. The van der Waals surface area contributed by atoms with E-state index in [2.05, 4.69) is 18.8 Å². The Morgan fingerprint density at radius 1 is 1.22 bits per heavy atom. The van der Waals surface area contributed by atoms with Crippen LogP contribution in [0.25, 0.3) is 0 Å². The number of benzene rings is 1. The standard InChI is InChI=1S/C15H20N2O/c1-15(2,10-16)12-7-5-11(6-8-12)14(18)13-4-3-9-17-13/h3-9,14,17-18H,10,16H2,1-2H3. The first-order chi connectivity index (χ1) is 8.54. The number of hydrogen-bond donors (Lipinski definition) is 3. The van der Waals surface area contributed by atoms with Crippen molar-refractivity contribution in [1.29, 1.82) is 0 Å². The van der Waals surface area contributed by atoms with E-state index in [-0.39, 0.29) is 5.41 Å². The zero-order chi connectivity index (χ0) is 13.2. The van der Waals surface area contributed by atoms with Gasteiger partial charge in [0.25, 0.3) is 0 Å². The maximum absolute atomic E-state index is 10.2. The van der Waals surface area contributed by atoms with Crippen LogP contribution in [0.3, 0.4) is 0 Å². The largest absolute Gasteiger partial charge is 0.382 e. The maximum atomic E-state index is 10.2. The van der Waals surface area contributed by atoms with Gasteiger partial charge >= 0.3 is 0 Å². The van der Waals surface area contributed by atoms with Crippen molar-refractivity contribution in [3.8, 4) is 0 Å².